The van der Waals surface area contributed by atoms with Gasteiger partial charge in [-0.05, 0) is 30.9 Å². The molecule has 2 aromatic rings. The van der Waals surface area contributed by atoms with Crippen LogP contribution in [0.5, 0.6) is 5.75 Å². The van der Waals surface area contributed by atoms with E-state index in [9.17, 15) is 4.79 Å². The molecule has 230 valence electrons. The van der Waals surface area contributed by atoms with Gasteiger partial charge in [0.15, 0.2) is 0 Å². The van der Waals surface area contributed by atoms with Crippen molar-refractivity contribution in [1.29, 1.82) is 0 Å². The van der Waals surface area contributed by atoms with Crippen LogP contribution in [-0.2, 0) is 22.5 Å². The van der Waals surface area contributed by atoms with E-state index < -0.39 is 6.29 Å². The minimum absolute atomic E-state index is 0.165. The van der Waals surface area contributed by atoms with Crippen molar-refractivity contribution in [3.63, 3.8) is 0 Å². The summed E-state index contributed by atoms with van der Waals surface area (Å²) in [5.74, 6) is 0.698. The third-order valence-electron chi connectivity index (χ3n) is 7.92. The summed E-state index contributed by atoms with van der Waals surface area (Å²) in [5, 5.41) is 0. The lowest BCUT2D eigenvalue weighted by Crippen LogP contribution is -2.39. The molecule has 2 aromatic carbocycles. The van der Waals surface area contributed by atoms with Crippen LogP contribution in [0.4, 0.5) is 0 Å². The fraction of sp³-hybridized carbons (Fsp3) is 0.649. The number of unbranched alkanes of at least 4 members (excludes halogenated alkanes) is 11. The second-order valence-corrected chi connectivity index (χ2v) is 12.5. The molecule has 0 radical (unpaired) electrons. The first kappa shape index (κ1) is 34.9. The Kier molecular flexibility index (Phi) is 18.2. The van der Waals surface area contributed by atoms with Crippen LogP contribution in [-0.4, -0.2) is 37.4 Å². The largest absolute Gasteiger partial charge is 0.455 e. The lowest BCUT2D eigenvalue weighted by molar-refractivity contribution is -0.903. The monoisotopic (exact) mass is 566 g/mol. The molecule has 0 spiro atoms. The molecule has 1 unspecified atom stereocenters. The predicted molar refractivity (Wildman–Crippen MR) is 173 cm³/mol. The first-order valence-corrected chi connectivity index (χ1v) is 16.7. The molecule has 0 aliphatic carbocycles. The first-order valence-electron chi connectivity index (χ1n) is 16.7. The summed E-state index contributed by atoms with van der Waals surface area (Å²) in [6.07, 6.45) is 19.6. The Morgan fingerprint density at radius 1 is 0.707 bits per heavy atom. The molecule has 4 nitrogen and oxygen atoms in total. The lowest BCUT2D eigenvalue weighted by atomic mass is 10.0. The zero-order valence-electron chi connectivity index (χ0n) is 26.9. The van der Waals surface area contributed by atoms with Crippen LogP contribution < -0.4 is 4.74 Å². The van der Waals surface area contributed by atoms with Crippen molar-refractivity contribution in [2.75, 3.05) is 20.6 Å². The third-order valence-corrected chi connectivity index (χ3v) is 7.92. The number of rotatable bonds is 24. The van der Waals surface area contributed by atoms with Gasteiger partial charge in [-0.15, -0.1) is 0 Å². The highest BCUT2D eigenvalue weighted by Crippen LogP contribution is 2.24. The van der Waals surface area contributed by atoms with Gasteiger partial charge in [-0.3, -0.25) is 4.79 Å². The Morgan fingerprint density at radius 2 is 1.29 bits per heavy atom. The molecular weight excluding hydrogens is 506 g/mol. The van der Waals surface area contributed by atoms with E-state index in [4.69, 9.17) is 9.47 Å². The van der Waals surface area contributed by atoms with Gasteiger partial charge in [-0.1, -0.05) is 133 Å². The standard InChI is InChI=1S/C37H60NO3/c1-5-7-8-9-10-11-12-13-14-15-16-20-27-34-28-21-22-29-35(34)40-37(24-6-2)41-36(39)30-23-31-38(3,4)32-33-25-18-17-19-26-33/h17-19,21-22,25-26,28-29,37H,5-16,20,23-24,27,30-32H2,1-4H3/q+1. The van der Waals surface area contributed by atoms with Crippen molar-refractivity contribution in [3.05, 3.63) is 65.7 Å². The Hall–Kier alpha value is -2.33. The minimum atomic E-state index is -0.526. The Morgan fingerprint density at radius 3 is 1.93 bits per heavy atom. The number of benzene rings is 2. The molecule has 0 saturated carbocycles. The summed E-state index contributed by atoms with van der Waals surface area (Å²) in [6, 6.07) is 18.8. The average Bonchev–Trinajstić information content (AvgIpc) is 2.94. The number of ether oxygens (including phenoxy) is 2. The van der Waals surface area contributed by atoms with E-state index in [-0.39, 0.29) is 5.97 Å². The number of nitrogens with zero attached hydrogens (tertiary/aromatic N) is 1. The van der Waals surface area contributed by atoms with Gasteiger partial charge in [0, 0.05) is 18.4 Å². The van der Waals surface area contributed by atoms with E-state index in [2.05, 4.69) is 64.3 Å². The van der Waals surface area contributed by atoms with Gasteiger partial charge in [-0.25, -0.2) is 0 Å². The highest BCUT2D eigenvalue weighted by Gasteiger charge is 2.20. The second-order valence-electron chi connectivity index (χ2n) is 12.5. The summed E-state index contributed by atoms with van der Waals surface area (Å²) in [6.45, 7) is 6.26. The van der Waals surface area contributed by atoms with E-state index >= 15 is 0 Å². The molecule has 0 fully saturated rings. The van der Waals surface area contributed by atoms with E-state index in [1.54, 1.807) is 0 Å². The topological polar surface area (TPSA) is 35.5 Å². The van der Waals surface area contributed by atoms with Gasteiger partial charge in [0.05, 0.1) is 27.1 Å². The van der Waals surface area contributed by atoms with Gasteiger partial charge in [0.25, 0.3) is 0 Å². The zero-order valence-corrected chi connectivity index (χ0v) is 26.9. The molecule has 0 N–H and O–H groups in total. The number of hydrogen-bond donors (Lipinski definition) is 0. The molecule has 0 aromatic heterocycles. The maximum Gasteiger partial charge on any atom is 0.309 e. The van der Waals surface area contributed by atoms with E-state index in [1.165, 1.54) is 88.2 Å². The molecule has 0 amide bonds. The summed E-state index contributed by atoms with van der Waals surface area (Å²) in [7, 11) is 4.43. The Bertz CT molecular complexity index is 927. The molecule has 0 heterocycles. The normalized spacial score (nSPS) is 12.3. The minimum Gasteiger partial charge on any atom is -0.455 e. The van der Waals surface area contributed by atoms with Crippen LogP contribution in [0.1, 0.15) is 128 Å². The average molecular weight is 567 g/mol. The molecule has 0 bridgehead atoms. The summed E-state index contributed by atoms with van der Waals surface area (Å²) in [5.41, 5.74) is 2.54. The molecule has 4 heteroatoms. The van der Waals surface area contributed by atoms with Gasteiger partial charge in [-0.2, -0.15) is 0 Å². The van der Waals surface area contributed by atoms with E-state index in [0.717, 1.165) is 42.6 Å². The van der Waals surface area contributed by atoms with Crippen molar-refractivity contribution in [3.8, 4) is 5.75 Å². The van der Waals surface area contributed by atoms with Gasteiger partial charge >= 0.3 is 5.97 Å². The van der Waals surface area contributed by atoms with Crippen LogP contribution in [0.3, 0.4) is 0 Å². The highest BCUT2D eigenvalue weighted by atomic mass is 16.7. The smallest absolute Gasteiger partial charge is 0.309 e. The number of quaternary nitrogens is 1. The van der Waals surface area contributed by atoms with Crippen LogP contribution in [0, 0.1) is 0 Å². The van der Waals surface area contributed by atoms with Crippen molar-refractivity contribution in [2.45, 2.75) is 136 Å². The Labute approximate surface area is 252 Å². The van der Waals surface area contributed by atoms with E-state index in [0.29, 0.717) is 12.8 Å². The Balaban J connectivity index is 1.68. The van der Waals surface area contributed by atoms with Crippen molar-refractivity contribution in [1.82, 2.24) is 0 Å². The molecule has 0 saturated heterocycles. The number of esters is 1. The lowest BCUT2D eigenvalue weighted by Gasteiger charge is -2.30. The maximum atomic E-state index is 12.7. The number of hydrogen-bond acceptors (Lipinski definition) is 3. The van der Waals surface area contributed by atoms with Crippen LogP contribution in [0.2, 0.25) is 0 Å². The number of carbonyl (C=O) groups is 1. The quantitative estimate of drug-likeness (QED) is 0.0549. The summed E-state index contributed by atoms with van der Waals surface area (Å²) >= 11 is 0. The molecule has 1 atom stereocenters. The van der Waals surface area contributed by atoms with Crippen molar-refractivity contribution in [2.24, 2.45) is 0 Å². The highest BCUT2D eigenvalue weighted by molar-refractivity contribution is 5.69. The fourth-order valence-corrected chi connectivity index (χ4v) is 5.51. The van der Waals surface area contributed by atoms with Crippen molar-refractivity contribution >= 4 is 5.97 Å². The van der Waals surface area contributed by atoms with Crippen LogP contribution in [0.15, 0.2) is 54.6 Å². The molecule has 0 aliphatic rings. The third kappa shape index (κ3) is 16.6. The van der Waals surface area contributed by atoms with E-state index in [1.807, 2.05) is 18.2 Å². The first-order chi connectivity index (χ1) is 19.9. The fourth-order valence-electron chi connectivity index (χ4n) is 5.51. The number of carbonyl (C=O) groups excluding carboxylic acids is 1. The van der Waals surface area contributed by atoms with Gasteiger partial charge in [0.2, 0.25) is 6.29 Å². The predicted octanol–water partition coefficient (Wildman–Crippen LogP) is 10.0. The van der Waals surface area contributed by atoms with Gasteiger partial charge < -0.3 is 14.0 Å². The zero-order chi connectivity index (χ0) is 29.6. The molecule has 41 heavy (non-hydrogen) atoms. The van der Waals surface area contributed by atoms with Crippen LogP contribution >= 0.6 is 0 Å². The SMILES string of the molecule is CCCCCCCCCCCCCCc1ccccc1OC(CCC)OC(=O)CCC[N+](C)(C)Cc1ccccc1. The molecule has 2 rings (SSSR count). The molecule has 0 aliphatic heterocycles. The van der Waals surface area contributed by atoms with Crippen LogP contribution in [0.25, 0.3) is 0 Å². The van der Waals surface area contributed by atoms with Crippen molar-refractivity contribution < 1.29 is 18.8 Å². The number of aryl methyl sites for hydroxylation is 1. The summed E-state index contributed by atoms with van der Waals surface area (Å²) < 4.78 is 13.0. The second kappa shape index (κ2) is 21.4. The number of para-hydroxylation sites is 1. The molecular formula is C37H60NO3+. The van der Waals surface area contributed by atoms with Gasteiger partial charge in [0.1, 0.15) is 12.3 Å². The summed E-state index contributed by atoms with van der Waals surface area (Å²) in [4.78, 5) is 12.7. The maximum absolute atomic E-state index is 12.7.